The van der Waals surface area contributed by atoms with Crippen LogP contribution in [-0.4, -0.2) is 39.7 Å². The highest BCUT2D eigenvalue weighted by Crippen LogP contribution is 2.21. The Morgan fingerprint density at radius 2 is 2.38 bits per heavy atom. The average Bonchev–Trinajstić information content (AvgIpc) is 3.12. The smallest absolute Gasteiger partial charge is 0.326 e. The van der Waals surface area contributed by atoms with Gasteiger partial charge in [0.2, 0.25) is 5.89 Å². The number of nitrogens with zero attached hydrogens (tertiary/aromatic N) is 2. The van der Waals surface area contributed by atoms with Crippen molar-refractivity contribution in [1.29, 1.82) is 0 Å². The highest BCUT2D eigenvalue weighted by molar-refractivity contribution is 5.93. The predicted molar refractivity (Wildman–Crippen MR) is 72.7 cm³/mol. The van der Waals surface area contributed by atoms with Gasteiger partial charge < -0.3 is 20.3 Å². The summed E-state index contributed by atoms with van der Waals surface area (Å²) in [5, 5.41) is 18.3. The molecule has 1 aliphatic rings. The second-order valence-corrected chi connectivity index (χ2v) is 5.11. The molecule has 116 valence electrons. The molecule has 2 atom stereocenters. The fourth-order valence-electron chi connectivity index (χ4n) is 2.25. The van der Waals surface area contributed by atoms with E-state index in [1.54, 1.807) is 0 Å². The number of carbonyl (C=O) groups excluding carboxylic acids is 1. The van der Waals surface area contributed by atoms with Crippen molar-refractivity contribution in [3.63, 3.8) is 0 Å². The Morgan fingerprint density at radius 1 is 1.57 bits per heavy atom. The molecule has 1 fully saturated rings. The Hall–Kier alpha value is -1.96. The molecule has 1 aromatic rings. The number of rotatable bonds is 7. The van der Waals surface area contributed by atoms with Crippen molar-refractivity contribution in [2.24, 2.45) is 0 Å². The van der Waals surface area contributed by atoms with Crippen molar-refractivity contribution >= 4 is 11.9 Å². The number of hydrogen-bond donors (Lipinski definition) is 3. The monoisotopic (exact) mass is 296 g/mol. The molecule has 21 heavy (non-hydrogen) atoms. The van der Waals surface area contributed by atoms with Crippen molar-refractivity contribution in [1.82, 2.24) is 20.8 Å². The summed E-state index contributed by atoms with van der Waals surface area (Å²) in [7, 11) is 0. The number of nitrogens with one attached hydrogen (secondary N) is 2. The average molecular weight is 296 g/mol. The standard InChI is InChI=1S/C13H20N4O4/c1-2-3-5-9(13(19)20)15-11(18)10-16-12(21-17-10)8-6-4-7-14-8/h8-9,14H,2-7H2,1H3,(H,15,18)(H,19,20)/t8?,9-/m0/s1. The van der Waals surface area contributed by atoms with Gasteiger partial charge in [-0.2, -0.15) is 4.98 Å². The summed E-state index contributed by atoms with van der Waals surface area (Å²) >= 11 is 0. The molecule has 2 heterocycles. The van der Waals surface area contributed by atoms with E-state index in [0.717, 1.165) is 32.2 Å². The summed E-state index contributed by atoms with van der Waals surface area (Å²) in [4.78, 5) is 27.1. The van der Waals surface area contributed by atoms with Crippen molar-refractivity contribution in [2.45, 2.75) is 51.1 Å². The van der Waals surface area contributed by atoms with Gasteiger partial charge in [0.05, 0.1) is 6.04 Å². The van der Waals surface area contributed by atoms with E-state index in [-0.39, 0.29) is 11.9 Å². The van der Waals surface area contributed by atoms with Crippen LogP contribution in [0.3, 0.4) is 0 Å². The molecule has 1 saturated heterocycles. The lowest BCUT2D eigenvalue weighted by Gasteiger charge is -2.12. The third-order valence-corrected chi connectivity index (χ3v) is 3.45. The van der Waals surface area contributed by atoms with Gasteiger partial charge in [0.1, 0.15) is 6.04 Å². The molecule has 1 unspecified atom stereocenters. The molecule has 0 saturated carbocycles. The number of carboxylic acids is 1. The van der Waals surface area contributed by atoms with Crippen LogP contribution >= 0.6 is 0 Å². The SMILES string of the molecule is CCCC[C@H](NC(=O)c1noc(C2CCCN2)n1)C(=O)O. The quantitative estimate of drug-likeness (QED) is 0.683. The van der Waals surface area contributed by atoms with E-state index in [2.05, 4.69) is 20.8 Å². The molecule has 1 amide bonds. The molecule has 1 aromatic heterocycles. The molecule has 0 bridgehead atoms. The first-order valence-electron chi connectivity index (χ1n) is 7.22. The molecule has 2 rings (SSSR count). The molecule has 3 N–H and O–H groups in total. The van der Waals surface area contributed by atoms with Gasteiger partial charge in [-0.25, -0.2) is 4.79 Å². The summed E-state index contributed by atoms with van der Waals surface area (Å²) in [5.41, 5.74) is 0. The van der Waals surface area contributed by atoms with E-state index >= 15 is 0 Å². The second kappa shape index (κ2) is 7.16. The highest BCUT2D eigenvalue weighted by atomic mass is 16.5. The molecule has 0 radical (unpaired) electrons. The van der Waals surface area contributed by atoms with Gasteiger partial charge in [0.15, 0.2) is 0 Å². The van der Waals surface area contributed by atoms with Crippen molar-refractivity contribution in [3.05, 3.63) is 11.7 Å². The number of carbonyl (C=O) groups is 2. The molecule has 8 heteroatoms. The fourth-order valence-corrected chi connectivity index (χ4v) is 2.25. The van der Waals surface area contributed by atoms with Gasteiger partial charge in [-0.3, -0.25) is 4.79 Å². The number of unbranched alkanes of at least 4 members (excludes halogenated alkanes) is 1. The van der Waals surface area contributed by atoms with E-state index in [1.807, 2.05) is 6.92 Å². The van der Waals surface area contributed by atoms with Crippen molar-refractivity contribution in [3.8, 4) is 0 Å². The van der Waals surface area contributed by atoms with Crippen LogP contribution in [0.4, 0.5) is 0 Å². The van der Waals surface area contributed by atoms with E-state index in [4.69, 9.17) is 9.63 Å². The Bertz CT molecular complexity index is 496. The van der Waals surface area contributed by atoms with Crippen LogP contribution in [0.5, 0.6) is 0 Å². The first-order chi connectivity index (χ1) is 10.1. The van der Waals surface area contributed by atoms with Crippen LogP contribution in [0.25, 0.3) is 0 Å². The third-order valence-electron chi connectivity index (χ3n) is 3.45. The summed E-state index contributed by atoms with van der Waals surface area (Å²) in [5.74, 6) is -1.43. The third kappa shape index (κ3) is 4.01. The second-order valence-electron chi connectivity index (χ2n) is 5.11. The number of carboxylic acid groups (broad SMARTS) is 1. The van der Waals surface area contributed by atoms with Crippen LogP contribution in [-0.2, 0) is 4.79 Å². The lowest BCUT2D eigenvalue weighted by atomic mass is 10.1. The van der Waals surface area contributed by atoms with Gasteiger partial charge in [-0.15, -0.1) is 0 Å². The van der Waals surface area contributed by atoms with E-state index in [9.17, 15) is 9.59 Å². The van der Waals surface area contributed by atoms with E-state index < -0.39 is 17.9 Å². The van der Waals surface area contributed by atoms with Gasteiger partial charge in [0.25, 0.3) is 11.7 Å². The fraction of sp³-hybridized carbons (Fsp3) is 0.692. The number of aromatic nitrogens is 2. The zero-order valence-electron chi connectivity index (χ0n) is 12.0. The molecule has 8 nitrogen and oxygen atoms in total. The summed E-state index contributed by atoms with van der Waals surface area (Å²) in [6, 6.07) is -0.946. The summed E-state index contributed by atoms with van der Waals surface area (Å²) < 4.78 is 5.06. The van der Waals surface area contributed by atoms with E-state index in [1.165, 1.54) is 0 Å². The number of amides is 1. The Morgan fingerprint density at radius 3 is 3.00 bits per heavy atom. The maximum atomic E-state index is 12.0. The Kier molecular flexibility index (Phi) is 5.26. The summed E-state index contributed by atoms with van der Waals surface area (Å²) in [6.07, 6.45) is 3.87. The largest absolute Gasteiger partial charge is 0.480 e. The van der Waals surface area contributed by atoms with Crippen LogP contribution in [0, 0.1) is 0 Å². The minimum absolute atomic E-state index is 0.0191. The first kappa shape index (κ1) is 15.4. The van der Waals surface area contributed by atoms with Crippen LogP contribution in [0.15, 0.2) is 4.52 Å². The Balaban J connectivity index is 1.96. The lowest BCUT2D eigenvalue weighted by Crippen LogP contribution is -2.41. The molecular formula is C13H20N4O4. The zero-order valence-corrected chi connectivity index (χ0v) is 12.0. The van der Waals surface area contributed by atoms with Crippen LogP contribution in [0.1, 0.15) is 61.6 Å². The first-order valence-corrected chi connectivity index (χ1v) is 7.22. The van der Waals surface area contributed by atoms with Gasteiger partial charge in [-0.05, 0) is 25.8 Å². The van der Waals surface area contributed by atoms with Gasteiger partial charge >= 0.3 is 5.97 Å². The number of aliphatic carboxylic acids is 1. The van der Waals surface area contributed by atoms with E-state index in [0.29, 0.717) is 12.3 Å². The Labute approximate surface area is 122 Å². The topological polar surface area (TPSA) is 117 Å². The zero-order chi connectivity index (χ0) is 15.2. The van der Waals surface area contributed by atoms with Gasteiger partial charge in [-0.1, -0.05) is 24.9 Å². The summed E-state index contributed by atoms with van der Waals surface area (Å²) in [6.45, 7) is 2.84. The minimum atomic E-state index is -1.06. The number of hydrogen-bond acceptors (Lipinski definition) is 6. The molecule has 0 aromatic carbocycles. The normalized spacial score (nSPS) is 19.4. The lowest BCUT2D eigenvalue weighted by molar-refractivity contribution is -0.139. The molecule has 0 spiro atoms. The molecule has 0 aliphatic carbocycles. The molecular weight excluding hydrogens is 276 g/mol. The molecule has 1 aliphatic heterocycles. The van der Waals surface area contributed by atoms with Crippen LogP contribution < -0.4 is 10.6 Å². The minimum Gasteiger partial charge on any atom is -0.480 e. The van der Waals surface area contributed by atoms with Crippen molar-refractivity contribution < 1.29 is 19.2 Å². The maximum Gasteiger partial charge on any atom is 0.326 e. The van der Waals surface area contributed by atoms with Crippen LogP contribution in [0.2, 0.25) is 0 Å². The maximum absolute atomic E-state index is 12.0. The van der Waals surface area contributed by atoms with Gasteiger partial charge in [0, 0.05) is 0 Å². The highest BCUT2D eigenvalue weighted by Gasteiger charge is 2.26. The van der Waals surface area contributed by atoms with Crippen molar-refractivity contribution in [2.75, 3.05) is 6.54 Å². The predicted octanol–water partition coefficient (Wildman–Crippen LogP) is 0.867.